The van der Waals surface area contributed by atoms with Crippen molar-refractivity contribution >= 4 is 33.2 Å². The molecule has 0 saturated heterocycles. The minimum Gasteiger partial charge on any atom is -0.490 e. The lowest BCUT2D eigenvalue weighted by molar-refractivity contribution is 0.242. The van der Waals surface area contributed by atoms with Crippen LogP contribution in [-0.4, -0.2) is 15.7 Å². The summed E-state index contributed by atoms with van der Waals surface area (Å²) in [5.41, 5.74) is 4.15. The summed E-state index contributed by atoms with van der Waals surface area (Å²) < 4.78 is 7.78. The number of nitrogens with zero attached hydrogens (tertiary/aromatic N) is 2. The molecule has 0 unspecified atom stereocenters. The summed E-state index contributed by atoms with van der Waals surface area (Å²) in [6, 6.07) is 18.1. The van der Waals surface area contributed by atoms with Crippen molar-refractivity contribution in [2.45, 2.75) is 32.9 Å². The zero-order chi connectivity index (χ0) is 20.7. The number of hydrogen-bond acceptors (Lipinski definition) is 4. The third-order valence-corrected chi connectivity index (χ3v) is 6.15. The summed E-state index contributed by atoms with van der Waals surface area (Å²) in [5.74, 6) is 1.62. The van der Waals surface area contributed by atoms with Crippen molar-refractivity contribution in [3.05, 3.63) is 81.7 Å². The molecular weight excluding hydrogens is 392 g/mol. The smallest absolute Gasteiger partial charge is 0.263 e. The second-order valence-corrected chi connectivity index (χ2v) is 8.57. The van der Waals surface area contributed by atoms with E-state index in [2.05, 4.69) is 6.08 Å². The third kappa shape index (κ3) is 3.25. The molecule has 0 amide bonds. The highest BCUT2D eigenvalue weighted by atomic mass is 32.1. The van der Waals surface area contributed by atoms with Gasteiger partial charge in [-0.15, -0.1) is 11.3 Å². The molecule has 5 heteroatoms. The number of rotatable bonds is 4. The van der Waals surface area contributed by atoms with E-state index in [-0.39, 0.29) is 11.7 Å². The van der Waals surface area contributed by atoms with Crippen LogP contribution in [0.15, 0.2) is 64.8 Å². The molecule has 1 aliphatic heterocycles. The lowest BCUT2D eigenvalue weighted by Crippen LogP contribution is -2.20. The SMILES string of the molecule is CC(C)Oc1ccccc1/C=C1/CCn2c1nc1scc(-c3ccccc3)c1c2=O. The Morgan fingerprint density at radius 2 is 1.87 bits per heavy atom. The van der Waals surface area contributed by atoms with Crippen molar-refractivity contribution in [1.82, 2.24) is 9.55 Å². The number of fused-ring (bicyclic) bond motifs is 2. The number of aromatic nitrogens is 2. The molecule has 0 bridgehead atoms. The molecule has 0 spiro atoms. The number of para-hydroxylation sites is 1. The first-order chi connectivity index (χ1) is 14.6. The molecule has 0 saturated carbocycles. The zero-order valence-electron chi connectivity index (χ0n) is 17.0. The Morgan fingerprint density at radius 3 is 2.67 bits per heavy atom. The van der Waals surface area contributed by atoms with Crippen LogP contribution in [0.4, 0.5) is 0 Å². The first kappa shape index (κ1) is 18.8. The van der Waals surface area contributed by atoms with Crippen LogP contribution >= 0.6 is 11.3 Å². The summed E-state index contributed by atoms with van der Waals surface area (Å²) in [7, 11) is 0. The summed E-state index contributed by atoms with van der Waals surface area (Å²) in [6.07, 6.45) is 3.00. The lowest BCUT2D eigenvalue weighted by atomic mass is 10.1. The van der Waals surface area contributed by atoms with Crippen molar-refractivity contribution in [2.75, 3.05) is 0 Å². The van der Waals surface area contributed by atoms with Crippen molar-refractivity contribution in [3.63, 3.8) is 0 Å². The van der Waals surface area contributed by atoms with Crippen molar-refractivity contribution < 1.29 is 4.74 Å². The number of benzene rings is 2. The van der Waals surface area contributed by atoms with Gasteiger partial charge in [-0.05, 0) is 43.5 Å². The Labute approximate surface area is 179 Å². The molecule has 0 aliphatic carbocycles. The van der Waals surface area contributed by atoms with E-state index in [1.807, 2.05) is 78.4 Å². The average Bonchev–Trinajstić information content (AvgIpc) is 3.35. The van der Waals surface area contributed by atoms with Gasteiger partial charge < -0.3 is 4.74 Å². The van der Waals surface area contributed by atoms with E-state index in [1.54, 1.807) is 0 Å². The number of thiophene rings is 1. The van der Waals surface area contributed by atoms with E-state index in [0.717, 1.165) is 50.5 Å². The van der Waals surface area contributed by atoms with Crippen LogP contribution in [0.1, 0.15) is 31.7 Å². The number of allylic oxidation sites excluding steroid dienone is 1. The van der Waals surface area contributed by atoms with Gasteiger partial charge >= 0.3 is 0 Å². The fraction of sp³-hybridized carbons (Fsp3) is 0.200. The Kier molecular flexibility index (Phi) is 4.75. The highest BCUT2D eigenvalue weighted by Crippen LogP contribution is 2.35. The second-order valence-electron chi connectivity index (χ2n) is 7.71. The highest BCUT2D eigenvalue weighted by Gasteiger charge is 2.23. The van der Waals surface area contributed by atoms with Crippen LogP contribution in [0.2, 0.25) is 0 Å². The molecule has 1 aliphatic rings. The standard InChI is InChI=1S/C25H22N2O2S/c1-16(2)29-21-11-7-6-10-18(21)14-19-12-13-27-23(19)26-24-22(25(27)28)20(15-30-24)17-8-4-3-5-9-17/h3-11,14-16H,12-13H2,1-2H3/b19-14-. The molecule has 0 radical (unpaired) electrons. The Morgan fingerprint density at radius 1 is 1.10 bits per heavy atom. The van der Waals surface area contributed by atoms with Crippen LogP contribution in [0, 0.1) is 0 Å². The van der Waals surface area contributed by atoms with Crippen molar-refractivity contribution in [3.8, 4) is 16.9 Å². The van der Waals surface area contributed by atoms with Gasteiger partial charge in [0.25, 0.3) is 5.56 Å². The molecule has 150 valence electrons. The van der Waals surface area contributed by atoms with Crippen LogP contribution in [-0.2, 0) is 6.54 Å². The van der Waals surface area contributed by atoms with Crippen LogP contribution in [0.25, 0.3) is 33.0 Å². The third-order valence-electron chi connectivity index (χ3n) is 5.28. The lowest BCUT2D eigenvalue weighted by Gasteiger charge is -2.12. The second kappa shape index (κ2) is 7.58. The van der Waals surface area contributed by atoms with Crippen LogP contribution in [0.5, 0.6) is 5.75 Å². The van der Waals surface area contributed by atoms with E-state index in [4.69, 9.17) is 9.72 Å². The molecule has 5 rings (SSSR count). The predicted molar refractivity (Wildman–Crippen MR) is 124 cm³/mol. The summed E-state index contributed by atoms with van der Waals surface area (Å²) >= 11 is 1.53. The van der Waals surface area contributed by atoms with Gasteiger partial charge in [-0.2, -0.15) is 0 Å². The molecule has 4 nitrogen and oxygen atoms in total. The van der Waals surface area contributed by atoms with E-state index in [0.29, 0.717) is 6.54 Å². The minimum atomic E-state index is 0.0465. The quantitative estimate of drug-likeness (QED) is 0.420. The summed E-state index contributed by atoms with van der Waals surface area (Å²) in [6.45, 7) is 4.70. The van der Waals surface area contributed by atoms with Gasteiger partial charge in [0.15, 0.2) is 0 Å². The zero-order valence-corrected chi connectivity index (χ0v) is 17.8. The normalized spacial score (nSPS) is 14.6. The molecule has 4 aromatic rings. The van der Waals surface area contributed by atoms with Gasteiger partial charge in [0.05, 0.1) is 11.5 Å². The molecule has 0 N–H and O–H groups in total. The van der Waals surface area contributed by atoms with Crippen molar-refractivity contribution in [1.29, 1.82) is 0 Å². The molecule has 0 fully saturated rings. The largest absolute Gasteiger partial charge is 0.490 e. The summed E-state index contributed by atoms with van der Waals surface area (Å²) in [5, 5.41) is 2.76. The van der Waals surface area contributed by atoms with Crippen LogP contribution in [0.3, 0.4) is 0 Å². The maximum absolute atomic E-state index is 13.4. The first-order valence-corrected chi connectivity index (χ1v) is 11.0. The Bertz CT molecular complexity index is 1320. The molecule has 2 aromatic heterocycles. The summed E-state index contributed by atoms with van der Waals surface area (Å²) in [4.78, 5) is 19.1. The molecule has 2 aromatic carbocycles. The highest BCUT2D eigenvalue weighted by molar-refractivity contribution is 7.17. The van der Waals surface area contributed by atoms with Gasteiger partial charge in [-0.3, -0.25) is 9.36 Å². The van der Waals surface area contributed by atoms with Crippen LogP contribution < -0.4 is 10.3 Å². The Balaban J connectivity index is 1.63. The maximum Gasteiger partial charge on any atom is 0.263 e. The first-order valence-electron chi connectivity index (χ1n) is 10.2. The van der Waals surface area contributed by atoms with E-state index < -0.39 is 0 Å². The molecule has 30 heavy (non-hydrogen) atoms. The fourth-order valence-corrected chi connectivity index (χ4v) is 4.87. The molecule has 0 atom stereocenters. The van der Waals surface area contributed by atoms with E-state index in [1.165, 1.54) is 11.3 Å². The predicted octanol–water partition coefficient (Wildman–Crippen LogP) is 5.86. The maximum atomic E-state index is 13.4. The minimum absolute atomic E-state index is 0.0465. The number of ether oxygens (including phenoxy) is 1. The molecular formula is C25H22N2O2S. The Hall–Kier alpha value is -3.18. The van der Waals surface area contributed by atoms with Crippen molar-refractivity contribution in [2.24, 2.45) is 0 Å². The van der Waals surface area contributed by atoms with Gasteiger partial charge in [0, 0.05) is 23.1 Å². The topological polar surface area (TPSA) is 44.1 Å². The molecule has 3 heterocycles. The van der Waals surface area contributed by atoms with E-state index in [9.17, 15) is 4.79 Å². The van der Waals surface area contributed by atoms with E-state index >= 15 is 0 Å². The average molecular weight is 415 g/mol. The fourth-order valence-electron chi connectivity index (χ4n) is 3.94. The van der Waals surface area contributed by atoms with Gasteiger partial charge in [-0.1, -0.05) is 48.5 Å². The monoisotopic (exact) mass is 414 g/mol. The number of hydrogen-bond donors (Lipinski definition) is 0. The van der Waals surface area contributed by atoms with Gasteiger partial charge in [-0.25, -0.2) is 4.98 Å². The van der Waals surface area contributed by atoms with Gasteiger partial charge in [0.1, 0.15) is 16.4 Å². The van der Waals surface area contributed by atoms with Gasteiger partial charge in [0.2, 0.25) is 0 Å².